The van der Waals surface area contributed by atoms with Crippen molar-refractivity contribution in [1.29, 1.82) is 0 Å². The first-order valence-electron chi connectivity index (χ1n) is 16.5. The number of benzene rings is 1. The van der Waals surface area contributed by atoms with Gasteiger partial charge in [0.25, 0.3) is 0 Å². The third-order valence-corrected chi connectivity index (χ3v) is 11.5. The Labute approximate surface area is 248 Å². The number of hydrogen-bond acceptors (Lipinski definition) is 5. The van der Waals surface area contributed by atoms with E-state index in [4.69, 9.17) is 4.98 Å². The predicted octanol–water partition coefficient (Wildman–Crippen LogP) is 6.26. The van der Waals surface area contributed by atoms with Gasteiger partial charge in [-0.25, -0.2) is 0 Å². The van der Waals surface area contributed by atoms with Gasteiger partial charge in [0, 0.05) is 58.9 Å². The van der Waals surface area contributed by atoms with Crippen molar-refractivity contribution in [3.05, 3.63) is 60.5 Å². The minimum atomic E-state index is -1.03. The number of H-pyrrole nitrogens is 1. The van der Waals surface area contributed by atoms with Crippen LogP contribution in [0.2, 0.25) is 0 Å². The van der Waals surface area contributed by atoms with E-state index in [1.807, 2.05) is 6.20 Å². The Morgan fingerprint density at radius 3 is 2.81 bits per heavy atom. The summed E-state index contributed by atoms with van der Waals surface area (Å²) in [5, 5.41) is 15.8. The minimum absolute atomic E-state index is 0.0132. The largest absolute Gasteiger partial charge is 0.383 e. The summed E-state index contributed by atoms with van der Waals surface area (Å²) in [5.74, 6) is 0.806. The van der Waals surface area contributed by atoms with Crippen LogP contribution in [0, 0.1) is 11.3 Å². The van der Waals surface area contributed by atoms with Crippen LogP contribution in [0.5, 0.6) is 0 Å². The molecule has 220 valence electrons. The van der Waals surface area contributed by atoms with Gasteiger partial charge in [-0.15, -0.1) is 0 Å². The van der Waals surface area contributed by atoms with E-state index in [1.165, 1.54) is 23.6 Å². The summed E-state index contributed by atoms with van der Waals surface area (Å²) in [6, 6.07) is 11.0. The third-order valence-electron chi connectivity index (χ3n) is 11.5. The summed E-state index contributed by atoms with van der Waals surface area (Å²) in [6.45, 7) is 4.20. The molecule has 6 heterocycles. The number of rotatable bonds is 1. The molecule has 3 bridgehead atoms. The van der Waals surface area contributed by atoms with Crippen LogP contribution in [-0.4, -0.2) is 74.5 Å². The highest BCUT2D eigenvalue weighted by Crippen LogP contribution is 2.61. The standard InChI is InChI=1S/C36H44N4O2/c41-27-10-9-20-40-26(13-14-27)23-35-24-39-19-8-4-2-1-3-7-17-36(42,34(35)40)30(22-25(35)16-21-39)33-32-29(15-18-37-33)28-11-5-6-12-31(28)38-32/h1,3,5-6,11-12,15,18,22,25-26,34,38,42H,2,4,7-10,13-14,16-17,19-21,23-24H2. The fraction of sp³-hybridized carbons (Fsp3) is 0.556. The van der Waals surface area contributed by atoms with E-state index < -0.39 is 5.60 Å². The molecule has 5 aliphatic rings. The van der Waals surface area contributed by atoms with Gasteiger partial charge in [-0.3, -0.25) is 14.7 Å². The molecule has 1 spiro atoms. The van der Waals surface area contributed by atoms with Gasteiger partial charge >= 0.3 is 0 Å². The number of Topliss-reactive ketones (excluding diaryl/α,β-unsaturated/α-hetero) is 1. The lowest BCUT2D eigenvalue weighted by Crippen LogP contribution is -2.66. The summed E-state index contributed by atoms with van der Waals surface area (Å²) in [7, 11) is 0. The Hall–Kier alpha value is -2.80. The molecular weight excluding hydrogens is 520 g/mol. The van der Waals surface area contributed by atoms with E-state index in [9.17, 15) is 9.90 Å². The van der Waals surface area contributed by atoms with Crippen LogP contribution in [0.25, 0.3) is 27.4 Å². The van der Waals surface area contributed by atoms with Gasteiger partial charge in [0.1, 0.15) is 11.4 Å². The zero-order valence-corrected chi connectivity index (χ0v) is 24.7. The number of fused-ring (bicyclic) bond motifs is 5. The van der Waals surface area contributed by atoms with Crippen LogP contribution in [0.1, 0.15) is 76.3 Å². The molecule has 8 rings (SSSR count). The van der Waals surface area contributed by atoms with Crippen LogP contribution in [0.15, 0.2) is 54.8 Å². The molecule has 2 N–H and O–H groups in total. The number of allylic oxidation sites excluding steroid dienone is 3. The van der Waals surface area contributed by atoms with Gasteiger partial charge in [-0.05, 0) is 95.5 Å². The molecule has 42 heavy (non-hydrogen) atoms. The first kappa shape index (κ1) is 26.8. The molecule has 6 atom stereocenters. The van der Waals surface area contributed by atoms with Crippen molar-refractivity contribution in [2.24, 2.45) is 11.3 Å². The first-order valence-corrected chi connectivity index (χ1v) is 16.5. The molecule has 0 saturated carbocycles. The molecular formula is C36H44N4O2. The number of aromatic nitrogens is 2. The Balaban J connectivity index is 1.34. The number of ketones is 1. The van der Waals surface area contributed by atoms with Crippen molar-refractivity contribution < 1.29 is 9.90 Å². The molecule has 1 aromatic carbocycles. The maximum atomic E-state index is 13.5. The molecule has 3 aromatic rings. The van der Waals surface area contributed by atoms with Crippen molar-refractivity contribution in [3.63, 3.8) is 0 Å². The average Bonchev–Trinajstić information content (AvgIpc) is 3.52. The molecule has 6 heteroatoms. The van der Waals surface area contributed by atoms with E-state index in [0.29, 0.717) is 37.0 Å². The summed E-state index contributed by atoms with van der Waals surface area (Å²) in [5.41, 5.74) is 3.05. The summed E-state index contributed by atoms with van der Waals surface area (Å²) in [6.07, 6.45) is 19.5. The zero-order chi connectivity index (χ0) is 28.3. The maximum Gasteiger partial charge on any atom is 0.133 e. The van der Waals surface area contributed by atoms with Crippen LogP contribution < -0.4 is 0 Å². The van der Waals surface area contributed by atoms with Crippen molar-refractivity contribution in [2.75, 3.05) is 26.2 Å². The lowest BCUT2D eigenvalue weighted by atomic mass is 9.55. The number of pyridine rings is 1. The quantitative estimate of drug-likeness (QED) is 0.342. The summed E-state index contributed by atoms with van der Waals surface area (Å²) < 4.78 is 0. The van der Waals surface area contributed by atoms with E-state index in [0.717, 1.165) is 87.0 Å². The molecule has 6 unspecified atom stereocenters. The van der Waals surface area contributed by atoms with Crippen LogP contribution in [-0.2, 0) is 4.79 Å². The third kappa shape index (κ3) is 4.16. The maximum absolute atomic E-state index is 13.5. The van der Waals surface area contributed by atoms with E-state index >= 15 is 0 Å². The average molecular weight is 565 g/mol. The molecule has 3 fully saturated rings. The summed E-state index contributed by atoms with van der Waals surface area (Å²) in [4.78, 5) is 26.8. The van der Waals surface area contributed by atoms with Gasteiger partial charge in [-0.2, -0.15) is 0 Å². The SMILES string of the molecule is O=C1CCCN2C(CC1)CC13CN4CCCCC=CCCC(O)(C(c5nccc6c5[nH]c5ccccc56)=CC1CC4)C23. The molecule has 0 radical (unpaired) electrons. The Bertz CT molecular complexity index is 1570. The molecule has 6 nitrogen and oxygen atoms in total. The molecule has 1 aliphatic carbocycles. The normalized spacial score (nSPS) is 35.9. The monoisotopic (exact) mass is 564 g/mol. The fourth-order valence-corrected chi connectivity index (χ4v) is 9.78. The van der Waals surface area contributed by atoms with Gasteiger partial charge < -0.3 is 15.0 Å². The van der Waals surface area contributed by atoms with Crippen LogP contribution in [0.3, 0.4) is 0 Å². The second-order valence-electron chi connectivity index (χ2n) is 13.8. The van der Waals surface area contributed by atoms with Gasteiger partial charge in [0.15, 0.2) is 0 Å². The smallest absolute Gasteiger partial charge is 0.133 e. The molecule has 0 amide bonds. The molecule has 3 saturated heterocycles. The molecule has 2 aromatic heterocycles. The number of nitrogens with one attached hydrogen (secondary N) is 1. The number of carbonyl (C=O) groups is 1. The van der Waals surface area contributed by atoms with Crippen molar-refractivity contribution in [1.82, 2.24) is 19.8 Å². The lowest BCUT2D eigenvalue weighted by molar-refractivity contribution is -0.120. The van der Waals surface area contributed by atoms with Gasteiger partial charge in [-0.1, -0.05) is 36.4 Å². The predicted molar refractivity (Wildman–Crippen MR) is 168 cm³/mol. The zero-order valence-electron chi connectivity index (χ0n) is 24.7. The number of carbonyl (C=O) groups excluding carboxylic acids is 1. The second-order valence-corrected chi connectivity index (χ2v) is 13.8. The summed E-state index contributed by atoms with van der Waals surface area (Å²) >= 11 is 0. The number of aromatic amines is 1. The van der Waals surface area contributed by atoms with Crippen molar-refractivity contribution in [2.45, 2.75) is 88.3 Å². The fourth-order valence-electron chi connectivity index (χ4n) is 9.78. The highest BCUT2D eigenvalue weighted by atomic mass is 16.3. The highest BCUT2D eigenvalue weighted by Gasteiger charge is 2.66. The minimum Gasteiger partial charge on any atom is -0.383 e. The van der Waals surface area contributed by atoms with Crippen LogP contribution in [0.4, 0.5) is 0 Å². The Kier molecular flexibility index (Phi) is 6.65. The van der Waals surface area contributed by atoms with E-state index in [1.54, 1.807) is 0 Å². The number of aliphatic hydroxyl groups is 1. The molecule has 4 aliphatic heterocycles. The topological polar surface area (TPSA) is 72.5 Å². The van der Waals surface area contributed by atoms with Gasteiger partial charge in [0.05, 0.1) is 17.3 Å². The lowest BCUT2D eigenvalue weighted by Gasteiger charge is -2.58. The first-order chi connectivity index (χ1) is 20.6. The number of para-hydroxylation sites is 1. The van der Waals surface area contributed by atoms with Gasteiger partial charge in [0.2, 0.25) is 0 Å². The highest BCUT2D eigenvalue weighted by molar-refractivity contribution is 6.10. The van der Waals surface area contributed by atoms with E-state index in [-0.39, 0.29) is 11.5 Å². The van der Waals surface area contributed by atoms with Crippen LogP contribution >= 0.6 is 0 Å². The number of piperidine rings is 1. The number of hydrogen-bond donors (Lipinski definition) is 2. The van der Waals surface area contributed by atoms with Crippen molar-refractivity contribution >= 4 is 33.2 Å². The Morgan fingerprint density at radius 1 is 0.952 bits per heavy atom. The van der Waals surface area contributed by atoms with E-state index in [2.05, 4.69) is 63.3 Å². The second kappa shape index (κ2) is 10.4. The Morgan fingerprint density at radius 2 is 1.86 bits per heavy atom. The van der Waals surface area contributed by atoms with Crippen molar-refractivity contribution in [3.8, 4) is 0 Å². The number of nitrogens with zero attached hydrogens (tertiary/aromatic N) is 3.